The second kappa shape index (κ2) is 7.51. The molecule has 0 saturated carbocycles. The van der Waals surface area contributed by atoms with E-state index < -0.39 is 5.91 Å². The highest BCUT2D eigenvalue weighted by Gasteiger charge is 2.16. The summed E-state index contributed by atoms with van der Waals surface area (Å²) in [5.74, 6) is 0.870. The van der Waals surface area contributed by atoms with Gasteiger partial charge in [0.2, 0.25) is 11.7 Å². The molecule has 1 amide bonds. The standard InChI is InChI=1S/C14H21NO4/c1-4-5-6-7-19-13-11(17-2)8-10(14(15)16)9-12(13)18-3/h8-9H,4-7H2,1-3H3,(H2,15,16). The van der Waals surface area contributed by atoms with Gasteiger partial charge in [0.05, 0.1) is 20.8 Å². The average molecular weight is 267 g/mol. The lowest BCUT2D eigenvalue weighted by Gasteiger charge is -2.15. The molecule has 0 bridgehead atoms. The van der Waals surface area contributed by atoms with Crippen LogP contribution in [0.1, 0.15) is 36.5 Å². The molecule has 0 aliphatic carbocycles. The van der Waals surface area contributed by atoms with Gasteiger partial charge in [-0.05, 0) is 18.6 Å². The summed E-state index contributed by atoms with van der Waals surface area (Å²) in [4.78, 5) is 11.2. The zero-order valence-corrected chi connectivity index (χ0v) is 11.7. The maximum atomic E-state index is 11.2. The normalized spacial score (nSPS) is 10.1. The molecule has 2 N–H and O–H groups in total. The monoisotopic (exact) mass is 267 g/mol. The van der Waals surface area contributed by atoms with Crippen LogP contribution in [0, 0.1) is 0 Å². The molecular formula is C14H21NO4. The van der Waals surface area contributed by atoms with Gasteiger partial charge in [0, 0.05) is 5.56 Å². The van der Waals surface area contributed by atoms with Gasteiger partial charge in [-0.3, -0.25) is 4.79 Å². The van der Waals surface area contributed by atoms with Crippen molar-refractivity contribution in [2.45, 2.75) is 26.2 Å². The first-order valence-corrected chi connectivity index (χ1v) is 6.32. The van der Waals surface area contributed by atoms with E-state index in [1.807, 2.05) is 0 Å². The molecule has 1 aromatic carbocycles. The number of hydrogen-bond acceptors (Lipinski definition) is 4. The van der Waals surface area contributed by atoms with Crippen molar-refractivity contribution in [3.63, 3.8) is 0 Å². The van der Waals surface area contributed by atoms with Crippen LogP contribution in [0.25, 0.3) is 0 Å². The molecule has 0 aliphatic heterocycles. The van der Waals surface area contributed by atoms with E-state index in [4.69, 9.17) is 19.9 Å². The molecule has 1 rings (SSSR count). The van der Waals surface area contributed by atoms with Crippen molar-refractivity contribution in [3.8, 4) is 17.2 Å². The third-order valence-electron chi connectivity index (χ3n) is 2.74. The first-order valence-electron chi connectivity index (χ1n) is 6.32. The van der Waals surface area contributed by atoms with Crippen LogP contribution in [-0.2, 0) is 0 Å². The summed E-state index contributed by atoms with van der Waals surface area (Å²) < 4.78 is 16.1. The highest BCUT2D eigenvalue weighted by atomic mass is 16.5. The Hall–Kier alpha value is -1.91. The smallest absolute Gasteiger partial charge is 0.248 e. The van der Waals surface area contributed by atoms with Gasteiger partial charge in [-0.25, -0.2) is 0 Å². The third kappa shape index (κ3) is 4.05. The predicted octanol–water partition coefficient (Wildman–Crippen LogP) is 2.37. The van der Waals surface area contributed by atoms with Gasteiger partial charge >= 0.3 is 0 Å². The third-order valence-corrected chi connectivity index (χ3v) is 2.74. The fourth-order valence-electron chi connectivity index (χ4n) is 1.69. The van der Waals surface area contributed by atoms with Gasteiger partial charge in [-0.1, -0.05) is 19.8 Å². The molecule has 0 aliphatic rings. The van der Waals surface area contributed by atoms with Crippen molar-refractivity contribution in [1.82, 2.24) is 0 Å². The maximum absolute atomic E-state index is 11.2. The van der Waals surface area contributed by atoms with E-state index in [0.717, 1.165) is 19.3 Å². The number of primary amides is 1. The molecule has 0 saturated heterocycles. The summed E-state index contributed by atoms with van der Waals surface area (Å²) in [5.41, 5.74) is 5.59. The van der Waals surface area contributed by atoms with E-state index in [0.29, 0.717) is 29.4 Å². The number of carbonyl (C=O) groups excluding carboxylic acids is 1. The van der Waals surface area contributed by atoms with E-state index in [1.54, 1.807) is 12.1 Å². The quantitative estimate of drug-likeness (QED) is 0.734. The Labute approximate surface area is 113 Å². The number of ether oxygens (including phenoxy) is 3. The fraction of sp³-hybridized carbons (Fsp3) is 0.500. The minimum Gasteiger partial charge on any atom is -0.493 e. The molecule has 0 radical (unpaired) electrons. The fourth-order valence-corrected chi connectivity index (χ4v) is 1.69. The number of hydrogen-bond donors (Lipinski definition) is 1. The number of unbranched alkanes of at least 4 members (excludes halogenated alkanes) is 2. The van der Waals surface area contributed by atoms with E-state index in [-0.39, 0.29) is 0 Å². The van der Waals surface area contributed by atoms with Crippen LogP contribution in [0.5, 0.6) is 17.2 Å². The molecule has 1 aromatic rings. The minimum atomic E-state index is -0.533. The molecule has 0 atom stereocenters. The van der Waals surface area contributed by atoms with Crippen molar-refractivity contribution in [2.75, 3.05) is 20.8 Å². The van der Waals surface area contributed by atoms with Crippen LogP contribution in [0.2, 0.25) is 0 Å². The molecule has 5 nitrogen and oxygen atoms in total. The zero-order chi connectivity index (χ0) is 14.3. The topological polar surface area (TPSA) is 70.8 Å². The first-order chi connectivity index (χ1) is 9.13. The second-order valence-corrected chi connectivity index (χ2v) is 4.13. The van der Waals surface area contributed by atoms with E-state index in [1.165, 1.54) is 14.2 Å². The number of methoxy groups -OCH3 is 2. The maximum Gasteiger partial charge on any atom is 0.248 e. The van der Waals surface area contributed by atoms with Gasteiger partial charge in [-0.2, -0.15) is 0 Å². The van der Waals surface area contributed by atoms with Crippen molar-refractivity contribution < 1.29 is 19.0 Å². The number of benzene rings is 1. The van der Waals surface area contributed by atoms with E-state index >= 15 is 0 Å². The number of nitrogens with two attached hydrogens (primary N) is 1. The highest BCUT2D eigenvalue weighted by molar-refractivity contribution is 5.94. The Bertz CT molecular complexity index is 406. The summed E-state index contributed by atoms with van der Waals surface area (Å²) in [6, 6.07) is 3.11. The van der Waals surface area contributed by atoms with Gasteiger partial charge < -0.3 is 19.9 Å². The highest BCUT2D eigenvalue weighted by Crippen LogP contribution is 2.38. The second-order valence-electron chi connectivity index (χ2n) is 4.13. The van der Waals surface area contributed by atoms with Crippen molar-refractivity contribution in [1.29, 1.82) is 0 Å². The lowest BCUT2D eigenvalue weighted by atomic mass is 10.1. The van der Waals surface area contributed by atoms with Crippen LogP contribution in [0.3, 0.4) is 0 Å². The van der Waals surface area contributed by atoms with Crippen LogP contribution in [-0.4, -0.2) is 26.7 Å². The van der Waals surface area contributed by atoms with Crippen LogP contribution >= 0.6 is 0 Å². The van der Waals surface area contributed by atoms with Gasteiger partial charge in [0.15, 0.2) is 11.5 Å². The minimum absolute atomic E-state index is 0.328. The van der Waals surface area contributed by atoms with Crippen molar-refractivity contribution >= 4 is 5.91 Å². The van der Waals surface area contributed by atoms with Gasteiger partial charge in [0.25, 0.3) is 0 Å². The predicted molar refractivity (Wildman–Crippen MR) is 73.1 cm³/mol. The molecule has 0 aromatic heterocycles. The molecule has 5 heteroatoms. The summed E-state index contributed by atoms with van der Waals surface area (Å²) in [6.07, 6.45) is 3.18. The Morgan fingerprint density at radius 2 is 1.74 bits per heavy atom. The van der Waals surface area contributed by atoms with Gasteiger partial charge in [0.1, 0.15) is 0 Å². The molecule has 0 fully saturated rings. The Kier molecular flexibility index (Phi) is 5.99. The van der Waals surface area contributed by atoms with Crippen LogP contribution in [0.4, 0.5) is 0 Å². The van der Waals surface area contributed by atoms with Crippen molar-refractivity contribution in [3.05, 3.63) is 17.7 Å². The molecule has 0 spiro atoms. The Morgan fingerprint density at radius 3 is 2.16 bits per heavy atom. The number of amides is 1. The van der Waals surface area contributed by atoms with Crippen LogP contribution < -0.4 is 19.9 Å². The number of rotatable bonds is 8. The largest absolute Gasteiger partial charge is 0.493 e. The SMILES string of the molecule is CCCCCOc1c(OC)cc(C(N)=O)cc1OC. The van der Waals surface area contributed by atoms with E-state index in [2.05, 4.69) is 6.92 Å². The lowest BCUT2D eigenvalue weighted by molar-refractivity contribution is 0.0999. The molecule has 19 heavy (non-hydrogen) atoms. The average Bonchev–Trinajstić information content (AvgIpc) is 2.42. The first kappa shape index (κ1) is 15.1. The Morgan fingerprint density at radius 1 is 1.16 bits per heavy atom. The zero-order valence-electron chi connectivity index (χ0n) is 11.7. The summed E-state index contributed by atoms with van der Waals surface area (Å²) in [6.45, 7) is 2.71. The Balaban J connectivity index is 2.96. The molecular weight excluding hydrogens is 246 g/mol. The summed E-state index contributed by atoms with van der Waals surface area (Å²) in [7, 11) is 3.02. The summed E-state index contributed by atoms with van der Waals surface area (Å²) >= 11 is 0. The number of carbonyl (C=O) groups is 1. The van der Waals surface area contributed by atoms with Gasteiger partial charge in [-0.15, -0.1) is 0 Å². The van der Waals surface area contributed by atoms with E-state index in [9.17, 15) is 4.79 Å². The molecule has 0 heterocycles. The van der Waals surface area contributed by atoms with Crippen LogP contribution in [0.15, 0.2) is 12.1 Å². The molecule has 106 valence electrons. The van der Waals surface area contributed by atoms with Crippen molar-refractivity contribution in [2.24, 2.45) is 5.73 Å². The molecule has 0 unspecified atom stereocenters. The summed E-state index contributed by atoms with van der Waals surface area (Å²) in [5, 5.41) is 0. The lowest BCUT2D eigenvalue weighted by Crippen LogP contribution is -2.12.